The molecule has 3 aromatic carbocycles. The lowest BCUT2D eigenvalue weighted by Crippen LogP contribution is -2.27. The number of nitrogens with zero attached hydrogens (tertiary/aromatic N) is 1. The lowest BCUT2D eigenvalue weighted by molar-refractivity contribution is -0.137. The number of nitrogens with two attached hydrogens (primary N) is 1. The van der Waals surface area contributed by atoms with Gasteiger partial charge in [-0.25, -0.2) is 12.8 Å². The molecule has 0 bridgehead atoms. The SMILES string of the molecule is CCS(=O)(=O)c1ccc([C@@H](CO)c2c(C(N)=O)ccc(N3CCC(Oc4ccc(C(F)(F)F)cc4)C3)c2F)cc1. The van der Waals surface area contributed by atoms with Gasteiger partial charge in [-0.15, -0.1) is 0 Å². The average molecular weight is 581 g/mol. The molecule has 0 saturated carbocycles. The number of carbonyl (C=O) groups excluding carboxylic acids is 1. The molecule has 1 aliphatic rings. The highest BCUT2D eigenvalue weighted by Gasteiger charge is 2.32. The summed E-state index contributed by atoms with van der Waals surface area (Å²) in [5.41, 5.74) is 5.03. The molecule has 0 spiro atoms. The van der Waals surface area contributed by atoms with Crippen molar-refractivity contribution in [3.63, 3.8) is 0 Å². The highest BCUT2D eigenvalue weighted by atomic mass is 32.2. The summed E-state index contributed by atoms with van der Waals surface area (Å²) in [4.78, 5) is 14.0. The topological polar surface area (TPSA) is 110 Å². The molecule has 1 saturated heterocycles. The van der Waals surface area contributed by atoms with Gasteiger partial charge in [0.05, 0.1) is 35.1 Å². The minimum absolute atomic E-state index is 0.0796. The van der Waals surface area contributed by atoms with E-state index in [9.17, 15) is 31.5 Å². The zero-order valence-electron chi connectivity index (χ0n) is 21.5. The first-order valence-electron chi connectivity index (χ1n) is 12.5. The van der Waals surface area contributed by atoms with Gasteiger partial charge >= 0.3 is 6.18 Å². The van der Waals surface area contributed by atoms with Crippen LogP contribution in [0.5, 0.6) is 5.75 Å². The molecule has 0 radical (unpaired) electrons. The second-order valence-electron chi connectivity index (χ2n) is 9.43. The number of alkyl halides is 3. The van der Waals surface area contributed by atoms with E-state index >= 15 is 4.39 Å². The second-order valence-corrected chi connectivity index (χ2v) is 11.7. The standard InChI is InChI=1S/C28H28F4N2O5S/c1-2-40(37,38)21-9-3-17(4-10-21)23(16-35)25-22(27(33)36)11-12-24(26(25)29)34-14-13-20(15-34)39-19-7-5-18(6-8-19)28(30,31)32/h3-12,20,23,35H,2,13-16H2,1H3,(H2,33,36)/t20?,23-/m1/s1. The van der Waals surface area contributed by atoms with Crippen LogP contribution in [0.25, 0.3) is 0 Å². The van der Waals surface area contributed by atoms with Gasteiger partial charge in [-0.1, -0.05) is 19.1 Å². The molecule has 1 unspecified atom stereocenters. The number of amides is 1. The van der Waals surface area contributed by atoms with Crippen molar-refractivity contribution >= 4 is 21.4 Å². The van der Waals surface area contributed by atoms with Crippen LogP contribution in [-0.2, 0) is 16.0 Å². The van der Waals surface area contributed by atoms with Gasteiger partial charge in [0.15, 0.2) is 15.7 Å². The Labute approximate surface area is 229 Å². The second kappa shape index (κ2) is 11.5. The van der Waals surface area contributed by atoms with Gasteiger partial charge < -0.3 is 20.5 Å². The number of aliphatic hydroxyl groups is 1. The number of anilines is 1. The maximum absolute atomic E-state index is 16.1. The zero-order valence-corrected chi connectivity index (χ0v) is 22.3. The van der Waals surface area contributed by atoms with E-state index < -0.39 is 51.9 Å². The monoisotopic (exact) mass is 580 g/mol. The van der Waals surface area contributed by atoms with E-state index in [1.165, 1.54) is 55.5 Å². The van der Waals surface area contributed by atoms with Crippen LogP contribution in [0.2, 0.25) is 0 Å². The zero-order chi connectivity index (χ0) is 29.2. The Morgan fingerprint density at radius 1 is 1.10 bits per heavy atom. The lowest BCUT2D eigenvalue weighted by Gasteiger charge is -2.25. The molecule has 1 amide bonds. The van der Waals surface area contributed by atoms with Gasteiger partial charge in [0, 0.05) is 30.0 Å². The van der Waals surface area contributed by atoms with E-state index in [2.05, 4.69) is 0 Å². The highest BCUT2D eigenvalue weighted by molar-refractivity contribution is 7.91. The smallest absolute Gasteiger partial charge is 0.416 e. The van der Waals surface area contributed by atoms with Crippen LogP contribution in [0.3, 0.4) is 0 Å². The van der Waals surface area contributed by atoms with E-state index in [4.69, 9.17) is 10.5 Å². The summed E-state index contributed by atoms with van der Waals surface area (Å²) in [5.74, 6) is -2.52. The van der Waals surface area contributed by atoms with E-state index in [0.717, 1.165) is 12.1 Å². The van der Waals surface area contributed by atoms with Crippen molar-refractivity contribution in [2.75, 3.05) is 30.3 Å². The van der Waals surface area contributed by atoms with Crippen LogP contribution in [0, 0.1) is 5.82 Å². The number of aliphatic hydroxyl groups excluding tert-OH is 1. The average Bonchev–Trinajstić information content (AvgIpc) is 3.37. The molecule has 12 heteroatoms. The number of ether oxygens (including phenoxy) is 1. The first-order chi connectivity index (χ1) is 18.9. The first kappa shape index (κ1) is 29.3. The van der Waals surface area contributed by atoms with Gasteiger partial charge in [0.1, 0.15) is 11.9 Å². The van der Waals surface area contributed by atoms with E-state index in [0.29, 0.717) is 18.5 Å². The fourth-order valence-corrected chi connectivity index (χ4v) is 5.66. The lowest BCUT2D eigenvalue weighted by atomic mass is 9.87. The Morgan fingerprint density at radius 2 is 1.75 bits per heavy atom. The molecule has 3 aromatic rings. The molecule has 4 rings (SSSR count). The molecule has 1 aliphatic heterocycles. The van der Waals surface area contributed by atoms with Crippen LogP contribution < -0.4 is 15.4 Å². The summed E-state index contributed by atoms with van der Waals surface area (Å²) >= 11 is 0. The largest absolute Gasteiger partial charge is 0.489 e. The number of halogens is 4. The molecule has 40 heavy (non-hydrogen) atoms. The fraction of sp³-hybridized carbons (Fsp3) is 0.321. The van der Waals surface area contributed by atoms with Gasteiger partial charge in [0.25, 0.3) is 0 Å². The van der Waals surface area contributed by atoms with Gasteiger partial charge in [-0.3, -0.25) is 4.79 Å². The molecule has 7 nitrogen and oxygen atoms in total. The molecular weight excluding hydrogens is 552 g/mol. The minimum atomic E-state index is -4.46. The highest BCUT2D eigenvalue weighted by Crippen LogP contribution is 2.36. The van der Waals surface area contributed by atoms with Crippen LogP contribution in [0.4, 0.5) is 23.2 Å². The Morgan fingerprint density at radius 3 is 2.30 bits per heavy atom. The summed E-state index contributed by atoms with van der Waals surface area (Å²) in [6.07, 6.45) is -4.43. The number of hydrogen-bond donors (Lipinski definition) is 2. The van der Waals surface area contributed by atoms with Crippen LogP contribution >= 0.6 is 0 Å². The minimum Gasteiger partial charge on any atom is -0.489 e. The number of benzene rings is 3. The number of sulfone groups is 1. The van der Waals surface area contributed by atoms with Crippen molar-refractivity contribution in [3.05, 3.63) is 88.7 Å². The number of rotatable bonds is 9. The Bertz CT molecular complexity index is 1480. The molecular formula is C28H28F4N2O5S. The molecule has 2 atom stereocenters. The molecule has 0 aromatic heterocycles. The van der Waals surface area contributed by atoms with Gasteiger partial charge in [-0.05, 0) is 54.1 Å². The summed E-state index contributed by atoms with van der Waals surface area (Å²) in [6, 6.07) is 12.8. The van der Waals surface area contributed by atoms with Crippen LogP contribution in [0.15, 0.2) is 65.6 Å². The number of primary amides is 1. The molecule has 1 fully saturated rings. The van der Waals surface area contributed by atoms with Crippen molar-refractivity contribution in [3.8, 4) is 5.75 Å². The number of hydrogen-bond acceptors (Lipinski definition) is 6. The van der Waals surface area contributed by atoms with Gasteiger partial charge in [0.2, 0.25) is 5.91 Å². The number of carbonyl (C=O) groups is 1. The third-order valence-corrected chi connectivity index (χ3v) is 8.70. The first-order valence-corrected chi connectivity index (χ1v) is 14.2. The third-order valence-electron chi connectivity index (χ3n) is 6.95. The maximum Gasteiger partial charge on any atom is 0.416 e. The predicted molar refractivity (Wildman–Crippen MR) is 141 cm³/mol. The summed E-state index contributed by atoms with van der Waals surface area (Å²) < 4.78 is 84.8. The fourth-order valence-electron chi connectivity index (χ4n) is 4.78. The third kappa shape index (κ3) is 6.07. The predicted octanol–water partition coefficient (Wildman–Crippen LogP) is 4.52. The van der Waals surface area contributed by atoms with Crippen LogP contribution in [-0.4, -0.2) is 51.0 Å². The molecule has 0 aliphatic carbocycles. The van der Waals surface area contributed by atoms with Crippen molar-refractivity contribution < 1.29 is 40.6 Å². The summed E-state index contributed by atoms with van der Waals surface area (Å²) in [7, 11) is -3.48. The normalized spacial score (nSPS) is 16.6. The van der Waals surface area contributed by atoms with E-state index in [1.807, 2.05) is 0 Å². The van der Waals surface area contributed by atoms with E-state index in [-0.39, 0.29) is 39.8 Å². The van der Waals surface area contributed by atoms with Crippen molar-refractivity contribution in [1.29, 1.82) is 0 Å². The van der Waals surface area contributed by atoms with Crippen molar-refractivity contribution in [2.45, 2.75) is 36.4 Å². The maximum atomic E-state index is 16.1. The summed E-state index contributed by atoms with van der Waals surface area (Å²) in [6.45, 7) is 1.52. The van der Waals surface area contributed by atoms with Crippen molar-refractivity contribution in [2.24, 2.45) is 5.73 Å². The Kier molecular flexibility index (Phi) is 8.41. The quantitative estimate of drug-likeness (QED) is 0.361. The van der Waals surface area contributed by atoms with Crippen molar-refractivity contribution in [1.82, 2.24) is 0 Å². The Balaban J connectivity index is 1.60. The summed E-state index contributed by atoms with van der Waals surface area (Å²) in [5, 5.41) is 10.2. The Hall–Kier alpha value is -3.64. The van der Waals surface area contributed by atoms with Crippen LogP contribution in [0.1, 0.15) is 46.3 Å². The molecule has 3 N–H and O–H groups in total. The molecule has 1 heterocycles. The molecule has 214 valence electrons. The van der Waals surface area contributed by atoms with E-state index in [1.54, 1.807) is 4.90 Å². The van der Waals surface area contributed by atoms with Gasteiger partial charge in [-0.2, -0.15) is 13.2 Å².